The number of carbonyl (C=O) groups is 3. The molecule has 2 amide bonds. The number of carbonyl (C=O) groups excluding carboxylic acids is 2. The number of hydrogen-bond acceptors (Lipinski definition) is 4. The number of carboxylic acids is 1. The molecule has 3 N–H and O–H groups in total. The number of fused-ring (bicyclic) bond motifs is 3. The maximum atomic E-state index is 12.8. The van der Waals surface area contributed by atoms with Crippen molar-refractivity contribution in [1.29, 1.82) is 0 Å². The van der Waals surface area contributed by atoms with E-state index in [0.29, 0.717) is 0 Å². The molecule has 1 aliphatic carbocycles. The Kier molecular flexibility index (Phi) is 7.51. The van der Waals surface area contributed by atoms with Gasteiger partial charge in [0.05, 0.1) is 12.5 Å². The van der Waals surface area contributed by atoms with Crippen LogP contribution in [-0.4, -0.2) is 35.7 Å². The van der Waals surface area contributed by atoms with E-state index in [1.807, 2.05) is 72.8 Å². The van der Waals surface area contributed by atoms with E-state index in [1.54, 1.807) is 6.92 Å². The smallest absolute Gasteiger partial charge is 0.407 e. The molecule has 7 nitrogen and oxygen atoms in total. The molecule has 1 aliphatic rings. The molecule has 3 aromatic carbocycles. The first-order chi connectivity index (χ1) is 16.8. The fourth-order valence-corrected chi connectivity index (χ4v) is 4.76. The largest absolute Gasteiger partial charge is 0.481 e. The molecule has 35 heavy (non-hydrogen) atoms. The van der Waals surface area contributed by atoms with Crippen LogP contribution in [0.5, 0.6) is 0 Å². The molecule has 8 heteroatoms. The average Bonchev–Trinajstić information content (AvgIpc) is 3.15. The first kappa shape index (κ1) is 24.5. The summed E-state index contributed by atoms with van der Waals surface area (Å²) in [5.41, 5.74) is 5.15. The number of aliphatic carboxylic acids is 1. The fourth-order valence-electron chi connectivity index (χ4n) is 4.34. The summed E-state index contributed by atoms with van der Waals surface area (Å²) < 4.78 is 6.33. The number of hydrogen-bond donors (Lipinski definition) is 3. The van der Waals surface area contributed by atoms with E-state index in [9.17, 15) is 19.5 Å². The predicted octanol–water partition coefficient (Wildman–Crippen LogP) is 5.01. The molecule has 0 heterocycles. The SMILES string of the molecule is CC(NC(=O)C(CC(=O)O)NC(=O)OCC1c2ccccc2-c2ccccc21)c1cccc(Br)c1. The molecule has 0 radical (unpaired) electrons. The van der Waals surface area contributed by atoms with Gasteiger partial charge < -0.3 is 20.5 Å². The summed E-state index contributed by atoms with van der Waals surface area (Å²) in [6.45, 7) is 1.85. The van der Waals surface area contributed by atoms with Crippen LogP contribution in [0.3, 0.4) is 0 Å². The van der Waals surface area contributed by atoms with E-state index < -0.39 is 30.4 Å². The van der Waals surface area contributed by atoms with E-state index in [4.69, 9.17) is 4.74 Å². The van der Waals surface area contributed by atoms with Gasteiger partial charge in [-0.2, -0.15) is 0 Å². The average molecular weight is 537 g/mol. The van der Waals surface area contributed by atoms with Crippen molar-refractivity contribution in [2.24, 2.45) is 0 Å². The lowest BCUT2D eigenvalue weighted by Crippen LogP contribution is -2.48. The number of ether oxygens (including phenoxy) is 1. The zero-order valence-corrected chi connectivity index (χ0v) is 20.6. The molecular weight excluding hydrogens is 512 g/mol. The Bertz CT molecular complexity index is 1220. The van der Waals surface area contributed by atoms with Gasteiger partial charge in [-0.25, -0.2) is 4.79 Å². The maximum absolute atomic E-state index is 12.8. The molecule has 4 rings (SSSR count). The lowest BCUT2D eigenvalue weighted by atomic mass is 9.98. The third-order valence-electron chi connectivity index (χ3n) is 6.04. The van der Waals surface area contributed by atoms with Crippen LogP contribution in [0.25, 0.3) is 11.1 Å². The highest BCUT2D eigenvalue weighted by atomic mass is 79.9. The third-order valence-corrected chi connectivity index (χ3v) is 6.53. The molecular formula is C27H25BrN2O5. The van der Waals surface area contributed by atoms with Gasteiger partial charge in [-0.05, 0) is 46.9 Å². The summed E-state index contributed by atoms with van der Waals surface area (Å²) >= 11 is 3.39. The fraction of sp³-hybridized carbons (Fsp3) is 0.222. The minimum atomic E-state index is -1.28. The van der Waals surface area contributed by atoms with Gasteiger partial charge in [0.15, 0.2) is 0 Å². The van der Waals surface area contributed by atoms with Gasteiger partial charge in [0.2, 0.25) is 5.91 Å². The number of amides is 2. The molecule has 0 fully saturated rings. The minimum absolute atomic E-state index is 0.0652. The Morgan fingerprint density at radius 2 is 1.57 bits per heavy atom. The number of rotatable bonds is 8. The van der Waals surface area contributed by atoms with Crippen LogP contribution >= 0.6 is 15.9 Å². The van der Waals surface area contributed by atoms with Gasteiger partial charge in [0.25, 0.3) is 0 Å². The molecule has 0 spiro atoms. The Labute approximate surface area is 211 Å². The Balaban J connectivity index is 1.41. The second-order valence-corrected chi connectivity index (χ2v) is 9.32. The standard InChI is InChI=1S/C27H25BrN2O5/c1-16(17-7-6-8-18(28)13-17)29-26(33)24(14-25(31)32)30-27(34)35-15-23-21-11-4-2-9-19(21)20-10-3-5-12-22(20)23/h2-13,16,23-24H,14-15H2,1H3,(H,29,33)(H,30,34)(H,31,32). The van der Waals surface area contributed by atoms with Crippen molar-refractivity contribution in [3.05, 3.63) is 94.0 Å². The number of halogens is 1. The summed E-state index contributed by atoms with van der Waals surface area (Å²) in [7, 11) is 0. The first-order valence-corrected chi connectivity index (χ1v) is 12.0. The highest BCUT2D eigenvalue weighted by Crippen LogP contribution is 2.44. The van der Waals surface area contributed by atoms with Gasteiger partial charge in [-0.15, -0.1) is 0 Å². The van der Waals surface area contributed by atoms with Crippen LogP contribution in [-0.2, 0) is 14.3 Å². The van der Waals surface area contributed by atoms with E-state index in [0.717, 1.165) is 32.3 Å². The molecule has 2 unspecified atom stereocenters. The van der Waals surface area contributed by atoms with Crippen LogP contribution in [0.15, 0.2) is 77.3 Å². The van der Waals surface area contributed by atoms with Crippen LogP contribution < -0.4 is 10.6 Å². The molecule has 180 valence electrons. The molecule has 0 saturated carbocycles. The Morgan fingerprint density at radius 1 is 0.943 bits per heavy atom. The lowest BCUT2D eigenvalue weighted by Gasteiger charge is -2.21. The Hall–Kier alpha value is -3.65. The molecule has 2 atom stereocenters. The third kappa shape index (κ3) is 5.71. The lowest BCUT2D eigenvalue weighted by molar-refractivity contribution is -0.140. The van der Waals surface area contributed by atoms with Crippen LogP contribution in [0.4, 0.5) is 4.79 Å². The van der Waals surface area contributed by atoms with Crippen molar-refractivity contribution in [3.63, 3.8) is 0 Å². The van der Waals surface area contributed by atoms with E-state index >= 15 is 0 Å². The maximum Gasteiger partial charge on any atom is 0.407 e. The first-order valence-electron chi connectivity index (χ1n) is 11.2. The zero-order chi connectivity index (χ0) is 24.9. The van der Waals surface area contributed by atoms with Gasteiger partial charge in [-0.1, -0.05) is 76.6 Å². The van der Waals surface area contributed by atoms with Crippen molar-refractivity contribution in [2.45, 2.75) is 31.3 Å². The molecule has 3 aromatic rings. The summed E-state index contributed by atoms with van der Waals surface area (Å²) in [5.74, 6) is -1.95. The van der Waals surface area contributed by atoms with Crippen molar-refractivity contribution in [3.8, 4) is 11.1 Å². The number of benzene rings is 3. The molecule has 0 bridgehead atoms. The van der Waals surface area contributed by atoms with Crippen LogP contribution in [0.1, 0.15) is 42.0 Å². The van der Waals surface area contributed by atoms with E-state index in [1.165, 1.54) is 0 Å². The number of nitrogens with one attached hydrogen (secondary N) is 2. The second kappa shape index (κ2) is 10.7. The molecule has 0 saturated heterocycles. The van der Waals surface area contributed by atoms with Crippen molar-refractivity contribution in [1.82, 2.24) is 10.6 Å². The predicted molar refractivity (Wildman–Crippen MR) is 135 cm³/mol. The highest BCUT2D eigenvalue weighted by Gasteiger charge is 2.30. The zero-order valence-electron chi connectivity index (χ0n) is 19.0. The highest BCUT2D eigenvalue weighted by molar-refractivity contribution is 9.10. The normalized spacial score (nSPS) is 13.8. The summed E-state index contributed by atoms with van der Waals surface area (Å²) in [4.78, 5) is 36.8. The van der Waals surface area contributed by atoms with Crippen molar-refractivity contribution < 1.29 is 24.2 Å². The molecule has 0 aromatic heterocycles. The number of alkyl carbamates (subject to hydrolysis) is 1. The summed E-state index contributed by atoms with van der Waals surface area (Å²) in [5, 5.41) is 14.5. The van der Waals surface area contributed by atoms with E-state index in [-0.39, 0.29) is 18.6 Å². The molecule has 0 aliphatic heterocycles. The van der Waals surface area contributed by atoms with Gasteiger partial charge in [-0.3, -0.25) is 9.59 Å². The second-order valence-electron chi connectivity index (χ2n) is 8.41. The van der Waals surface area contributed by atoms with Crippen LogP contribution in [0.2, 0.25) is 0 Å². The van der Waals surface area contributed by atoms with Gasteiger partial charge in [0, 0.05) is 10.4 Å². The van der Waals surface area contributed by atoms with Gasteiger partial charge >= 0.3 is 12.1 Å². The van der Waals surface area contributed by atoms with E-state index in [2.05, 4.69) is 26.6 Å². The van der Waals surface area contributed by atoms with Crippen molar-refractivity contribution >= 4 is 33.9 Å². The monoisotopic (exact) mass is 536 g/mol. The minimum Gasteiger partial charge on any atom is -0.481 e. The Morgan fingerprint density at radius 3 is 2.17 bits per heavy atom. The topological polar surface area (TPSA) is 105 Å². The summed E-state index contributed by atoms with van der Waals surface area (Å²) in [6.07, 6.45) is -1.41. The number of carboxylic acid groups (broad SMARTS) is 1. The van der Waals surface area contributed by atoms with Gasteiger partial charge in [0.1, 0.15) is 12.6 Å². The van der Waals surface area contributed by atoms with Crippen LogP contribution in [0, 0.1) is 0 Å². The summed E-state index contributed by atoms with van der Waals surface area (Å²) in [6, 6.07) is 21.6. The quantitative estimate of drug-likeness (QED) is 0.375. The van der Waals surface area contributed by atoms with Crippen molar-refractivity contribution in [2.75, 3.05) is 6.61 Å².